The Bertz CT molecular complexity index is 261. The number of hydrogen-bond acceptors (Lipinski definition) is 3. The van der Waals surface area contributed by atoms with Gasteiger partial charge in [-0.3, -0.25) is 0 Å². The van der Waals surface area contributed by atoms with Crippen LogP contribution in [0.5, 0.6) is 0 Å². The summed E-state index contributed by atoms with van der Waals surface area (Å²) in [7, 11) is -3.16. The molecule has 1 unspecified atom stereocenters. The third-order valence-electron chi connectivity index (χ3n) is 2.94. The Labute approximate surface area is 100 Å². The zero-order valence-electron chi connectivity index (χ0n) is 10.9. The summed E-state index contributed by atoms with van der Waals surface area (Å²) in [6, 6.07) is 0. The molecule has 0 aromatic heterocycles. The molecule has 0 spiro atoms. The average molecular weight is 250 g/mol. The lowest BCUT2D eigenvalue weighted by Gasteiger charge is -2.17. The van der Waals surface area contributed by atoms with Gasteiger partial charge in [0.2, 0.25) is 10.0 Å². The van der Waals surface area contributed by atoms with Crippen molar-refractivity contribution in [1.82, 2.24) is 10.0 Å². The second-order valence-corrected chi connectivity index (χ2v) is 6.38. The van der Waals surface area contributed by atoms with E-state index >= 15 is 0 Å². The highest BCUT2D eigenvalue weighted by Gasteiger charge is 2.20. The van der Waals surface area contributed by atoms with Crippen molar-refractivity contribution in [3.63, 3.8) is 0 Å². The average Bonchev–Trinajstić information content (AvgIpc) is 2.27. The molecule has 0 aromatic rings. The van der Waals surface area contributed by atoms with E-state index in [0.717, 1.165) is 19.4 Å². The molecule has 0 aromatic carbocycles. The number of nitrogens with one attached hydrogen (secondary N) is 2. The van der Waals surface area contributed by atoms with Crippen LogP contribution >= 0.6 is 0 Å². The summed E-state index contributed by atoms with van der Waals surface area (Å²) in [6.45, 7) is 9.75. The number of rotatable bonds is 9. The largest absolute Gasteiger partial charge is 0.316 e. The maximum Gasteiger partial charge on any atom is 0.215 e. The molecular formula is C11H26N2O2S. The van der Waals surface area contributed by atoms with Crippen LogP contribution in [0.3, 0.4) is 0 Å². The molecule has 16 heavy (non-hydrogen) atoms. The van der Waals surface area contributed by atoms with Crippen LogP contribution in [0.4, 0.5) is 0 Å². The van der Waals surface area contributed by atoms with E-state index in [0.29, 0.717) is 19.0 Å². The first kappa shape index (κ1) is 15.9. The van der Waals surface area contributed by atoms with Gasteiger partial charge in [-0.25, -0.2) is 13.1 Å². The molecule has 0 heterocycles. The van der Waals surface area contributed by atoms with Gasteiger partial charge in [0.15, 0.2) is 0 Å². The summed E-state index contributed by atoms with van der Waals surface area (Å²) in [4.78, 5) is 0. The van der Waals surface area contributed by atoms with Crippen molar-refractivity contribution in [3.8, 4) is 0 Å². The van der Waals surface area contributed by atoms with Crippen molar-refractivity contribution in [1.29, 1.82) is 0 Å². The molecule has 4 nitrogen and oxygen atoms in total. The molecule has 0 aliphatic heterocycles. The highest BCUT2D eigenvalue weighted by Crippen LogP contribution is 2.07. The van der Waals surface area contributed by atoms with E-state index in [4.69, 9.17) is 0 Å². The first-order chi connectivity index (χ1) is 7.47. The topological polar surface area (TPSA) is 58.2 Å². The standard InChI is InChI=1S/C11H26N2O2S/c1-5-11(6-2)9-13-16(14,15)10(4)8-12-7-3/h10-13H,5-9H2,1-4H3. The summed E-state index contributed by atoms with van der Waals surface area (Å²) < 4.78 is 26.3. The van der Waals surface area contributed by atoms with Crippen LogP contribution in [0, 0.1) is 5.92 Å². The lowest BCUT2D eigenvalue weighted by molar-refractivity contribution is 0.475. The van der Waals surface area contributed by atoms with Gasteiger partial charge >= 0.3 is 0 Å². The SMILES string of the molecule is CCNCC(C)S(=O)(=O)NCC(CC)CC. The summed E-state index contributed by atoms with van der Waals surface area (Å²) in [6.07, 6.45) is 2.03. The third-order valence-corrected chi connectivity index (χ3v) is 4.73. The van der Waals surface area contributed by atoms with Crippen LogP contribution in [-0.2, 0) is 10.0 Å². The van der Waals surface area contributed by atoms with Crippen LogP contribution in [0.2, 0.25) is 0 Å². The fraction of sp³-hybridized carbons (Fsp3) is 1.00. The summed E-state index contributed by atoms with van der Waals surface area (Å²) in [5.74, 6) is 0.445. The predicted molar refractivity (Wildman–Crippen MR) is 69.0 cm³/mol. The minimum absolute atomic E-state index is 0.373. The van der Waals surface area contributed by atoms with Crippen molar-refractivity contribution in [2.45, 2.75) is 45.8 Å². The fourth-order valence-corrected chi connectivity index (χ4v) is 2.50. The Morgan fingerprint density at radius 2 is 1.62 bits per heavy atom. The fourth-order valence-electron chi connectivity index (χ4n) is 1.41. The molecule has 0 saturated carbocycles. The van der Waals surface area contributed by atoms with Crippen molar-refractivity contribution < 1.29 is 8.42 Å². The minimum atomic E-state index is -3.16. The van der Waals surface area contributed by atoms with Gasteiger partial charge < -0.3 is 5.32 Å². The van der Waals surface area contributed by atoms with E-state index in [-0.39, 0.29) is 5.25 Å². The van der Waals surface area contributed by atoms with E-state index in [2.05, 4.69) is 23.9 Å². The van der Waals surface area contributed by atoms with Crippen molar-refractivity contribution >= 4 is 10.0 Å². The molecule has 0 amide bonds. The Hall–Kier alpha value is -0.130. The van der Waals surface area contributed by atoms with E-state index in [1.807, 2.05) is 6.92 Å². The van der Waals surface area contributed by atoms with Gasteiger partial charge in [-0.1, -0.05) is 33.6 Å². The Morgan fingerprint density at radius 1 is 1.06 bits per heavy atom. The monoisotopic (exact) mass is 250 g/mol. The van der Waals surface area contributed by atoms with Crippen molar-refractivity contribution in [2.75, 3.05) is 19.6 Å². The zero-order chi connectivity index (χ0) is 12.6. The molecule has 5 heteroatoms. The first-order valence-corrected chi connectivity index (χ1v) is 7.71. The normalized spacial score (nSPS) is 14.3. The maximum absolute atomic E-state index is 11.8. The van der Waals surface area contributed by atoms with Gasteiger partial charge in [0.05, 0.1) is 5.25 Å². The van der Waals surface area contributed by atoms with Gasteiger partial charge in [-0.2, -0.15) is 0 Å². The van der Waals surface area contributed by atoms with Crippen LogP contribution < -0.4 is 10.0 Å². The summed E-state index contributed by atoms with van der Waals surface area (Å²) in [5, 5.41) is 2.68. The molecule has 2 N–H and O–H groups in total. The molecule has 0 rings (SSSR count). The molecular weight excluding hydrogens is 224 g/mol. The lowest BCUT2D eigenvalue weighted by atomic mass is 10.0. The van der Waals surface area contributed by atoms with E-state index in [1.165, 1.54) is 0 Å². The Balaban J connectivity index is 4.13. The maximum atomic E-state index is 11.8. The highest BCUT2D eigenvalue weighted by atomic mass is 32.2. The highest BCUT2D eigenvalue weighted by molar-refractivity contribution is 7.90. The molecule has 0 saturated heterocycles. The molecule has 0 aliphatic carbocycles. The van der Waals surface area contributed by atoms with E-state index in [1.54, 1.807) is 6.92 Å². The molecule has 0 bridgehead atoms. The molecule has 1 atom stereocenters. The van der Waals surface area contributed by atoms with Crippen LogP contribution in [0.1, 0.15) is 40.5 Å². The molecule has 0 fully saturated rings. The lowest BCUT2D eigenvalue weighted by Crippen LogP contribution is -2.40. The zero-order valence-corrected chi connectivity index (χ0v) is 11.7. The summed E-state index contributed by atoms with van der Waals surface area (Å²) >= 11 is 0. The van der Waals surface area contributed by atoms with Gasteiger partial charge in [0, 0.05) is 13.1 Å². The number of sulfonamides is 1. The van der Waals surface area contributed by atoms with Gasteiger partial charge in [-0.15, -0.1) is 0 Å². The second-order valence-electron chi connectivity index (χ2n) is 4.19. The minimum Gasteiger partial charge on any atom is -0.316 e. The number of hydrogen-bond donors (Lipinski definition) is 2. The summed E-state index contributed by atoms with van der Waals surface area (Å²) in [5.41, 5.74) is 0. The van der Waals surface area contributed by atoms with Gasteiger partial charge in [0.25, 0.3) is 0 Å². The van der Waals surface area contributed by atoms with Crippen LogP contribution in [-0.4, -0.2) is 33.3 Å². The third kappa shape index (κ3) is 5.82. The van der Waals surface area contributed by atoms with Gasteiger partial charge in [-0.05, 0) is 19.4 Å². The molecule has 0 aliphatic rings. The van der Waals surface area contributed by atoms with Crippen LogP contribution in [0.15, 0.2) is 0 Å². The molecule has 98 valence electrons. The van der Waals surface area contributed by atoms with Crippen molar-refractivity contribution in [2.24, 2.45) is 5.92 Å². The second kappa shape index (κ2) is 8.03. The Kier molecular flexibility index (Phi) is 7.97. The van der Waals surface area contributed by atoms with Gasteiger partial charge in [0.1, 0.15) is 0 Å². The quantitative estimate of drug-likeness (QED) is 0.649. The van der Waals surface area contributed by atoms with Crippen LogP contribution in [0.25, 0.3) is 0 Å². The first-order valence-electron chi connectivity index (χ1n) is 6.17. The Morgan fingerprint density at radius 3 is 2.06 bits per heavy atom. The smallest absolute Gasteiger partial charge is 0.215 e. The predicted octanol–water partition coefficient (Wildman–Crippen LogP) is 1.34. The van der Waals surface area contributed by atoms with E-state index in [9.17, 15) is 8.42 Å². The van der Waals surface area contributed by atoms with Crippen molar-refractivity contribution in [3.05, 3.63) is 0 Å². The van der Waals surface area contributed by atoms with E-state index < -0.39 is 10.0 Å². The molecule has 0 radical (unpaired) electrons.